The van der Waals surface area contributed by atoms with E-state index in [1.54, 1.807) is 18.6 Å². The number of carbonyl (C=O) groups is 2. The smallest absolute Gasteiger partial charge is 0.223 e. The first kappa shape index (κ1) is 21.0. The van der Waals surface area contributed by atoms with E-state index in [1.165, 1.54) is 0 Å². The molecule has 0 spiro atoms. The quantitative estimate of drug-likeness (QED) is 0.610. The number of likely N-dealkylation sites (tertiary alicyclic amines) is 1. The first-order valence-corrected chi connectivity index (χ1v) is 10.9. The lowest BCUT2D eigenvalue weighted by molar-refractivity contribution is -0.127. The zero-order valence-electron chi connectivity index (χ0n) is 17.5. The van der Waals surface area contributed by atoms with Crippen LogP contribution in [0.1, 0.15) is 32.1 Å². The molecule has 0 unspecified atom stereocenters. The largest absolute Gasteiger partial charge is 0.356 e. The van der Waals surface area contributed by atoms with Crippen LogP contribution in [0, 0.1) is 5.92 Å². The third-order valence-corrected chi connectivity index (χ3v) is 5.73. The van der Waals surface area contributed by atoms with Gasteiger partial charge in [0, 0.05) is 57.5 Å². The van der Waals surface area contributed by atoms with Crippen LogP contribution < -0.4 is 15.5 Å². The predicted octanol–water partition coefficient (Wildman–Crippen LogP) is 1.36. The number of anilines is 3. The summed E-state index contributed by atoms with van der Waals surface area (Å²) in [5.74, 6) is 2.40. The molecule has 0 radical (unpaired) electrons. The zero-order chi connectivity index (χ0) is 21.5. The molecule has 164 valence electrons. The highest BCUT2D eigenvalue weighted by Crippen LogP contribution is 2.22. The van der Waals surface area contributed by atoms with Crippen molar-refractivity contribution >= 4 is 29.3 Å². The van der Waals surface area contributed by atoms with Gasteiger partial charge in [-0.05, 0) is 37.8 Å². The summed E-state index contributed by atoms with van der Waals surface area (Å²) in [5.41, 5.74) is 0. The third kappa shape index (κ3) is 5.65. The highest BCUT2D eigenvalue weighted by Gasteiger charge is 2.26. The molecule has 2 aliphatic heterocycles. The van der Waals surface area contributed by atoms with E-state index >= 15 is 0 Å². The first-order valence-electron chi connectivity index (χ1n) is 10.9. The number of amides is 2. The molecule has 0 aliphatic carbocycles. The van der Waals surface area contributed by atoms with E-state index in [1.807, 2.05) is 17.0 Å². The summed E-state index contributed by atoms with van der Waals surface area (Å²) in [4.78, 5) is 36.3. The van der Waals surface area contributed by atoms with Gasteiger partial charge >= 0.3 is 0 Å². The van der Waals surface area contributed by atoms with Gasteiger partial charge in [0.05, 0.1) is 6.20 Å². The van der Waals surface area contributed by atoms with Crippen molar-refractivity contribution < 1.29 is 9.59 Å². The SMILES string of the molecule is O=C(NCCCN1CCCC1=O)C1CCN(c2ccc(Nc3cnccn3)nn2)CC1. The minimum atomic E-state index is 0.0234. The van der Waals surface area contributed by atoms with E-state index in [-0.39, 0.29) is 17.7 Å². The number of hydrogen-bond donors (Lipinski definition) is 2. The Hall–Kier alpha value is -3.30. The molecule has 10 heteroatoms. The summed E-state index contributed by atoms with van der Waals surface area (Å²) in [5, 5.41) is 14.6. The van der Waals surface area contributed by atoms with Crippen LogP contribution in [0.25, 0.3) is 0 Å². The number of hydrogen-bond acceptors (Lipinski definition) is 8. The lowest BCUT2D eigenvalue weighted by Crippen LogP contribution is -2.41. The normalized spacial score (nSPS) is 17.1. The van der Waals surface area contributed by atoms with Crippen molar-refractivity contribution in [3.05, 3.63) is 30.7 Å². The van der Waals surface area contributed by atoms with Gasteiger partial charge in [-0.2, -0.15) is 0 Å². The highest BCUT2D eigenvalue weighted by atomic mass is 16.2. The molecule has 0 aromatic carbocycles. The molecule has 0 atom stereocenters. The molecule has 2 aliphatic rings. The van der Waals surface area contributed by atoms with Crippen LogP contribution in [-0.4, -0.2) is 69.6 Å². The summed E-state index contributed by atoms with van der Waals surface area (Å²) in [7, 11) is 0. The van der Waals surface area contributed by atoms with Crippen molar-refractivity contribution in [3.63, 3.8) is 0 Å². The average Bonchev–Trinajstić information content (AvgIpc) is 3.22. The summed E-state index contributed by atoms with van der Waals surface area (Å²) in [6, 6.07) is 3.78. The molecular formula is C21H28N8O2. The number of piperidine rings is 1. The van der Waals surface area contributed by atoms with Gasteiger partial charge in [0.1, 0.15) is 5.82 Å². The van der Waals surface area contributed by atoms with Crippen molar-refractivity contribution in [3.8, 4) is 0 Å². The molecule has 2 aromatic heterocycles. The minimum Gasteiger partial charge on any atom is -0.356 e. The fourth-order valence-corrected chi connectivity index (χ4v) is 3.99. The molecule has 0 saturated carbocycles. The number of aromatic nitrogens is 4. The van der Waals surface area contributed by atoms with Gasteiger partial charge in [0.25, 0.3) is 0 Å². The van der Waals surface area contributed by atoms with Crippen LogP contribution in [-0.2, 0) is 9.59 Å². The van der Waals surface area contributed by atoms with Gasteiger partial charge in [-0.3, -0.25) is 14.6 Å². The van der Waals surface area contributed by atoms with Gasteiger partial charge in [-0.15, -0.1) is 10.2 Å². The van der Waals surface area contributed by atoms with Gasteiger partial charge in [0.15, 0.2) is 11.6 Å². The van der Waals surface area contributed by atoms with E-state index in [4.69, 9.17) is 0 Å². The second-order valence-electron chi connectivity index (χ2n) is 7.88. The van der Waals surface area contributed by atoms with E-state index < -0.39 is 0 Å². The molecule has 31 heavy (non-hydrogen) atoms. The first-order chi connectivity index (χ1) is 15.2. The fourth-order valence-electron chi connectivity index (χ4n) is 3.99. The molecule has 2 aromatic rings. The summed E-state index contributed by atoms with van der Waals surface area (Å²) >= 11 is 0. The molecule has 2 N–H and O–H groups in total. The van der Waals surface area contributed by atoms with Crippen molar-refractivity contribution in [1.29, 1.82) is 0 Å². The van der Waals surface area contributed by atoms with Crippen molar-refractivity contribution in [1.82, 2.24) is 30.4 Å². The zero-order valence-corrected chi connectivity index (χ0v) is 17.5. The van der Waals surface area contributed by atoms with E-state index in [2.05, 4.69) is 35.7 Å². The van der Waals surface area contributed by atoms with E-state index in [9.17, 15) is 9.59 Å². The molecule has 4 rings (SSSR count). The van der Waals surface area contributed by atoms with Crippen LogP contribution in [0.15, 0.2) is 30.7 Å². The van der Waals surface area contributed by atoms with Crippen LogP contribution >= 0.6 is 0 Å². The van der Waals surface area contributed by atoms with Crippen molar-refractivity contribution in [2.24, 2.45) is 5.92 Å². The second kappa shape index (κ2) is 10.1. The Morgan fingerprint density at radius 2 is 1.97 bits per heavy atom. The lowest BCUT2D eigenvalue weighted by atomic mass is 9.96. The van der Waals surface area contributed by atoms with Crippen LogP contribution in [0.3, 0.4) is 0 Å². The number of rotatable bonds is 8. The molecule has 4 heterocycles. The van der Waals surface area contributed by atoms with Crippen molar-refractivity contribution in [2.45, 2.75) is 32.1 Å². The highest BCUT2D eigenvalue weighted by molar-refractivity contribution is 5.79. The topological polar surface area (TPSA) is 116 Å². The molecular weight excluding hydrogens is 396 g/mol. The summed E-state index contributed by atoms with van der Waals surface area (Å²) < 4.78 is 0. The Labute approximate surface area is 181 Å². The lowest BCUT2D eigenvalue weighted by Gasteiger charge is -2.31. The van der Waals surface area contributed by atoms with E-state index in [0.717, 1.165) is 57.7 Å². The van der Waals surface area contributed by atoms with Crippen LogP contribution in [0.2, 0.25) is 0 Å². The molecule has 10 nitrogen and oxygen atoms in total. The molecule has 0 bridgehead atoms. The van der Waals surface area contributed by atoms with Crippen molar-refractivity contribution in [2.75, 3.05) is 42.9 Å². The van der Waals surface area contributed by atoms with Crippen LogP contribution in [0.5, 0.6) is 0 Å². The third-order valence-electron chi connectivity index (χ3n) is 5.73. The van der Waals surface area contributed by atoms with E-state index in [0.29, 0.717) is 24.6 Å². The maximum absolute atomic E-state index is 12.5. The van der Waals surface area contributed by atoms with Gasteiger partial charge < -0.3 is 20.4 Å². The fraction of sp³-hybridized carbons (Fsp3) is 0.524. The number of nitrogens with one attached hydrogen (secondary N) is 2. The Bertz CT molecular complexity index is 869. The molecule has 2 amide bonds. The minimum absolute atomic E-state index is 0.0234. The van der Waals surface area contributed by atoms with Gasteiger partial charge in [-0.25, -0.2) is 4.98 Å². The summed E-state index contributed by atoms with van der Waals surface area (Å²) in [6.07, 6.45) is 8.85. The second-order valence-corrected chi connectivity index (χ2v) is 7.88. The Balaban J connectivity index is 1.17. The molecule has 2 fully saturated rings. The maximum atomic E-state index is 12.5. The monoisotopic (exact) mass is 424 g/mol. The maximum Gasteiger partial charge on any atom is 0.223 e. The Kier molecular flexibility index (Phi) is 6.85. The standard InChI is InChI=1S/C21H28N8O2/c30-20-3-1-11-29(20)12-2-8-24-21(31)16-6-13-28(14-7-16)19-5-4-17(26-27-19)25-18-15-22-9-10-23-18/h4-5,9-10,15-16H,1-3,6-8,11-14H2,(H,24,31)(H,23,25,26). The van der Waals surface area contributed by atoms with Gasteiger partial charge in [0.2, 0.25) is 11.8 Å². The summed E-state index contributed by atoms with van der Waals surface area (Å²) in [6.45, 7) is 3.75. The molecule has 2 saturated heterocycles. The average molecular weight is 425 g/mol. The number of carbonyl (C=O) groups excluding carboxylic acids is 2. The Morgan fingerprint density at radius 1 is 1.10 bits per heavy atom. The van der Waals surface area contributed by atoms with Gasteiger partial charge in [-0.1, -0.05) is 0 Å². The van der Waals surface area contributed by atoms with Crippen LogP contribution in [0.4, 0.5) is 17.5 Å². The number of nitrogens with zero attached hydrogens (tertiary/aromatic N) is 6. The Morgan fingerprint density at radius 3 is 2.65 bits per heavy atom. The predicted molar refractivity (Wildman–Crippen MR) is 116 cm³/mol.